The van der Waals surface area contributed by atoms with Gasteiger partial charge in [-0.25, -0.2) is 0 Å². The monoisotopic (exact) mass is 783 g/mol. The minimum atomic E-state index is 0.146. The maximum Gasteiger partial charge on any atom is 0.0668 e. The summed E-state index contributed by atoms with van der Waals surface area (Å²) in [5, 5.41) is 5.01. The lowest BCUT2D eigenvalue weighted by Crippen LogP contribution is -2.24. The van der Waals surface area contributed by atoms with Crippen LogP contribution in [0.15, 0.2) is 210 Å². The van der Waals surface area contributed by atoms with E-state index >= 15 is 0 Å². The lowest BCUT2D eigenvalue weighted by atomic mass is 9.64. The van der Waals surface area contributed by atoms with Gasteiger partial charge in [0.1, 0.15) is 0 Å². The van der Waals surface area contributed by atoms with Crippen LogP contribution < -0.4 is 0 Å². The summed E-state index contributed by atoms with van der Waals surface area (Å²) in [7, 11) is 0. The smallest absolute Gasteiger partial charge is 0.0668 e. The SMILES string of the molecule is CC(=Nc1cc(C2=CC3C(=C(C4=CCC5CCC=CC5=C4)c4ccccc4C3c3ccc4ccccc4c3)C=C2)ccc1C)c1c(-c2ccccc2C)ccc2ccccc12. The average molecular weight is 784 g/mol. The number of hydrogen-bond acceptors (Lipinski definition) is 1. The van der Waals surface area contributed by atoms with Gasteiger partial charge in [-0.05, 0) is 146 Å². The van der Waals surface area contributed by atoms with Crippen LogP contribution in [-0.4, -0.2) is 5.71 Å². The van der Waals surface area contributed by atoms with Crippen LogP contribution in [0.5, 0.6) is 0 Å². The first-order valence-corrected chi connectivity index (χ1v) is 22.0. The van der Waals surface area contributed by atoms with Crippen LogP contribution >= 0.6 is 0 Å². The summed E-state index contributed by atoms with van der Waals surface area (Å²) in [5.41, 5.74) is 20.3. The molecular formula is C60H49N. The van der Waals surface area contributed by atoms with Crippen molar-refractivity contribution in [2.75, 3.05) is 0 Å². The number of benzene rings is 7. The van der Waals surface area contributed by atoms with Crippen molar-refractivity contribution in [3.05, 3.63) is 244 Å². The number of aliphatic imine (C=N–C) groups is 1. The van der Waals surface area contributed by atoms with E-state index in [2.05, 4.69) is 209 Å². The predicted molar refractivity (Wildman–Crippen MR) is 260 cm³/mol. The van der Waals surface area contributed by atoms with Crippen LogP contribution in [-0.2, 0) is 0 Å². The van der Waals surface area contributed by atoms with Crippen molar-refractivity contribution in [2.45, 2.75) is 46.0 Å². The molecule has 0 saturated heterocycles. The Bertz CT molecular complexity index is 3150. The number of rotatable bonds is 6. The van der Waals surface area contributed by atoms with Gasteiger partial charge in [-0.1, -0.05) is 182 Å². The van der Waals surface area contributed by atoms with Crippen LogP contribution in [0.2, 0.25) is 0 Å². The summed E-state index contributed by atoms with van der Waals surface area (Å²) in [6.45, 7) is 6.57. The largest absolute Gasteiger partial charge is 0.253 e. The summed E-state index contributed by atoms with van der Waals surface area (Å²) >= 11 is 0. The summed E-state index contributed by atoms with van der Waals surface area (Å²) in [6, 6.07) is 53.9. The molecule has 0 N–H and O–H groups in total. The molecule has 7 aromatic carbocycles. The molecule has 0 fully saturated rings. The molecule has 4 aliphatic carbocycles. The standard InChI is InChI=1S/C60H49N/c1-38-14-4-10-20-50(38)54-32-30-43-17-9-11-21-51(43)58(54)40(3)61-57-37-47(25-24-39(57)2)46-31-33-55-56(36-46)60(49-29-27-42-16-6-8-19-45(42)35-49)53-23-13-12-22-52(53)59(55)48-28-26-41-15-5-7-18-44(41)34-48/h4,6-14,16-25,27-37,41,56,60H,5,15,26H2,1-3H3. The van der Waals surface area contributed by atoms with E-state index < -0.39 is 0 Å². The van der Waals surface area contributed by atoms with Crippen LogP contribution in [0, 0.1) is 25.7 Å². The maximum atomic E-state index is 5.50. The zero-order chi connectivity index (χ0) is 41.0. The second kappa shape index (κ2) is 15.3. The van der Waals surface area contributed by atoms with Gasteiger partial charge < -0.3 is 0 Å². The molecule has 0 radical (unpaired) electrons. The van der Waals surface area contributed by atoms with E-state index in [0.29, 0.717) is 5.92 Å². The van der Waals surface area contributed by atoms with Crippen LogP contribution in [0.4, 0.5) is 5.69 Å². The van der Waals surface area contributed by atoms with Gasteiger partial charge >= 0.3 is 0 Å². The van der Waals surface area contributed by atoms with E-state index in [1.807, 2.05) is 0 Å². The first-order chi connectivity index (χ1) is 30.0. The van der Waals surface area contributed by atoms with Crippen LogP contribution in [0.25, 0.3) is 43.8 Å². The Morgan fingerprint density at radius 1 is 0.623 bits per heavy atom. The Hall–Kier alpha value is -6.83. The highest BCUT2D eigenvalue weighted by atomic mass is 14.7. The highest BCUT2D eigenvalue weighted by Gasteiger charge is 2.37. The molecule has 4 aliphatic rings. The van der Waals surface area contributed by atoms with E-state index in [4.69, 9.17) is 4.99 Å². The zero-order valence-corrected chi connectivity index (χ0v) is 35.2. The van der Waals surface area contributed by atoms with Crippen molar-refractivity contribution in [1.82, 2.24) is 0 Å². The molecule has 3 atom stereocenters. The van der Waals surface area contributed by atoms with Crippen molar-refractivity contribution in [3.63, 3.8) is 0 Å². The number of allylic oxidation sites excluding steroid dienone is 12. The fourth-order valence-electron chi connectivity index (χ4n) is 10.6. The molecule has 0 spiro atoms. The Morgan fingerprint density at radius 2 is 1.39 bits per heavy atom. The van der Waals surface area contributed by atoms with E-state index in [-0.39, 0.29) is 11.8 Å². The molecular weight excluding hydrogens is 735 g/mol. The molecule has 0 bridgehead atoms. The van der Waals surface area contributed by atoms with E-state index in [0.717, 1.165) is 23.4 Å². The molecule has 294 valence electrons. The molecule has 0 heterocycles. The fourth-order valence-corrected chi connectivity index (χ4v) is 10.6. The quantitative estimate of drug-likeness (QED) is 0.149. The number of nitrogens with zero attached hydrogens (tertiary/aromatic N) is 1. The summed E-state index contributed by atoms with van der Waals surface area (Å²) in [6.07, 6.45) is 20.7. The van der Waals surface area contributed by atoms with Crippen molar-refractivity contribution >= 4 is 44.1 Å². The average Bonchev–Trinajstić information content (AvgIpc) is 3.30. The molecule has 1 heteroatoms. The third-order valence-corrected chi connectivity index (χ3v) is 13.8. The van der Waals surface area contributed by atoms with Crippen molar-refractivity contribution in [3.8, 4) is 11.1 Å². The van der Waals surface area contributed by atoms with E-state index in [1.54, 1.807) is 0 Å². The van der Waals surface area contributed by atoms with Gasteiger partial charge in [0.2, 0.25) is 0 Å². The van der Waals surface area contributed by atoms with Gasteiger partial charge in [0.15, 0.2) is 0 Å². The molecule has 0 amide bonds. The van der Waals surface area contributed by atoms with Gasteiger partial charge in [-0.3, -0.25) is 4.99 Å². The molecule has 3 unspecified atom stereocenters. The molecule has 0 saturated carbocycles. The number of fused-ring (bicyclic) bond motifs is 5. The highest BCUT2D eigenvalue weighted by Crippen LogP contribution is 2.53. The van der Waals surface area contributed by atoms with Gasteiger partial charge in [0, 0.05) is 23.1 Å². The van der Waals surface area contributed by atoms with Gasteiger partial charge in [0.05, 0.1) is 5.69 Å². The van der Waals surface area contributed by atoms with Crippen LogP contribution in [0.3, 0.4) is 0 Å². The summed E-state index contributed by atoms with van der Waals surface area (Å²) < 4.78 is 0. The lowest BCUT2D eigenvalue weighted by Gasteiger charge is -2.38. The first kappa shape index (κ1) is 37.2. The Kier molecular flexibility index (Phi) is 9.34. The van der Waals surface area contributed by atoms with Gasteiger partial charge in [-0.15, -0.1) is 0 Å². The Morgan fingerprint density at radius 3 is 2.28 bits per heavy atom. The Balaban J connectivity index is 1.06. The topological polar surface area (TPSA) is 12.4 Å². The Labute approximate surface area is 360 Å². The maximum absolute atomic E-state index is 5.50. The highest BCUT2D eigenvalue weighted by molar-refractivity contribution is 6.15. The third kappa shape index (κ3) is 6.61. The molecule has 61 heavy (non-hydrogen) atoms. The lowest BCUT2D eigenvalue weighted by molar-refractivity contribution is 0.564. The zero-order valence-electron chi connectivity index (χ0n) is 35.2. The molecule has 11 rings (SSSR count). The third-order valence-electron chi connectivity index (χ3n) is 13.8. The van der Waals surface area contributed by atoms with Gasteiger partial charge in [-0.2, -0.15) is 0 Å². The second-order valence-corrected chi connectivity index (χ2v) is 17.4. The first-order valence-electron chi connectivity index (χ1n) is 22.0. The second-order valence-electron chi connectivity index (χ2n) is 17.4. The van der Waals surface area contributed by atoms with E-state index in [9.17, 15) is 0 Å². The molecule has 0 aromatic heterocycles. The van der Waals surface area contributed by atoms with Crippen molar-refractivity contribution in [1.29, 1.82) is 0 Å². The van der Waals surface area contributed by atoms with E-state index in [1.165, 1.54) is 107 Å². The van der Waals surface area contributed by atoms with Crippen LogP contribution in [0.1, 0.15) is 71.0 Å². The molecule has 1 nitrogen and oxygen atoms in total. The minimum absolute atomic E-state index is 0.146. The van der Waals surface area contributed by atoms with Crippen molar-refractivity contribution < 1.29 is 0 Å². The fraction of sp³-hybridized carbons (Fsp3) is 0.150. The molecule has 0 aliphatic heterocycles. The normalized spacial score (nSPS) is 19.6. The summed E-state index contributed by atoms with van der Waals surface area (Å²) in [4.78, 5) is 5.50. The summed E-state index contributed by atoms with van der Waals surface area (Å²) in [5.74, 6) is 0.937. The van der Waals surface area contributed by atoms with Crippen molar-refractivity contribution in [2.24, 2.45) is 16.8 Å². The van der Waals surface area contributed by atoms with Gasteiger partial charge in [0.25, 0.3) is 0 Å². The minimum Gasteiger partial charge on any atom is -0.253 e. The number of aryl methyl sites for hydroxylation is 2. The predicted octanol–water partition coefficient (Wildman–Crippen LogP) is 15.8. The molecule has 7 aromatic rings. The number of hydrogen-bond donors (Lipinski definition) is 0.